The smallest absolute Gasteiger partial charge is 0.121 e. The van der Waals surface area contributed by atoms with E-state index in [1.807, 2.05) is 19.9 Å². The number of likely N-dealkylation sites (tertiary alicyclic amines) is 2. The molecule has 0 amide bonds. The van der Waals surface area contributed by atoms with Crippen molar-refractivity contribution in [2.75, 3.05) is 51.8 Å². The zero-order valence-electron chi connectivity index (χ0n) is 17.7. The molecular formula is C22H38ClN3O2. The molecule has 0 atom stereocenters. The summed E-state index contributed by atoms with van der Waals surface area (Å²) in [7, 11) is 0. The highest BCUT2D eigenvalue weighted by Gasteiger charge is 2.10. The maximum absolute atomic E-state index is 10.4. The van der Waals surface area contributed by atoms with Crippen LogP contribution >= 0.6 is 11.6 Å². The summed E-state index contributed by atoms with van der Waals surface area (Å²) < 4.78 is 5.58. The third-order valence-corrected chi connectivity index (χ3v) is 5.08. The summed E-state index contributed by atoms with van der Waals surface area (Å²) in [5.41, 5.74) is 0.419. The van der Waals surface area contributed by atoms with Crippen LogP contribution in [-0.2, 0) is 0 Å². The zero-order valence-corrected chi connectivity index (χ0v) is 18.5. The molecule has 2 fully saturated rings. The molecule has 0 aliphatic carbocycles. The van der Waals surface area contributed by atoms with Gasteiger partial charge in [0.15, 0.2) is 0 Å². The van der Waals surface area contributed by atoms with Crippen LogP contribution in [0, 0.1) is 4.91 Å². The summed E-state index contributed by atoms with van der Waals surface area (Å²) in [6.45, 7) is 12.1. The highest BCUT2D eigenvalue weighted by molar-refractivity contribution is 6.17. The van der Waals surface area contributed by atoms with Crippen molar-refractivity contribution in [1.29, 1.82) is 0 Å². The normalized spacial score (nSPS) is 16.7. The van der Waals surface area contributed by atoms with Crippen LogP contribution in [0.25, 0.3) is 0 Å². The molecule has 0 radical (unpaired) electrons. The van der Waals surface area contributed by atoms with Crippen molar-refractivity contribution in [3.63, 3.8) is 0 Å². The molecule has 28 heavy (non-hydrogen) atoms. The average molecular weight is 412 g/mol. The lowest BCUT2D eigenvalue weighted by molar-refractivity contribution is 0.263. The van der Waals surface area contributed by atoms with Crippen molar-refractivity contribution in [3.05, 3.63) is 29.2 Å². The fourth-order valence-corrected chi connectivity index (χ4v) is 3.52. The van der Waals surface area contributed by atoms with Gasteiger partial charge in [0, 0.05) is 18.5 Å². The van der Waals surface area contributed by atoms with Crippen LogP contribution in [0.1, 0.15) is 52.4 Å². The quantitative estimate of drug-likeness (QED) is 0.297. The summed E-state index contributed by atoms with van der Waals surface area (Å²) in [6, 6.07) is 6.98. The summed E-state index contributed by atoms with van der Waals surface area (Å²) in [5.74, 6) is 1.54. The van der Waals surface area contributed by atoms with Gasteiger partial charge in [-0.15, -0.1) is 16.5 Å². The Bertz CT molecular complexity index is 504. The second kappa shape index (κ2) is 16.8. The van der Waals surface area contributed by atoms with E-state index < -0.39 is 0 Å². The van der Waals surface area contributed by atoms with E-state index in [1.165, 1.54) is 58.4 Å². The maximum atomic E-state index is 10.4. The number of alkyl halides is 1. The predicted octanol–water partition coefficient (Wildman–Crippen LogP) is 5.69. The first-order valence-corrected chi connectivity index (χ1v) is 11.4. The van der Waals surface area contributed by atoms with Gasteiger partial charge >= 0.3 is 0 Å². The van der Waals surface area contributed by atoms with Crippen molar-refractivity contribution in [3.8, 4) is 5.75 Å². The van der Waals surface area contributed by atoms with Crippen LogP contribution in [0.4, 0.5) is 5.69 Å². The van der Waals surface area contributed by atoms with E-state index >= 15 is 0 Å². The Hall–Kier alpha value is -1.17. The zero-order chi connectivity index (χ0) is 20.5. The van der Waals surface area contributed by atoms with Crippen LogP contribution < -0.4 is 4.74 Å². The number of benzene rings is 1. The molecule has 0 aromatic heterocycles. The average Bonchev–Trinajstić information content (AvgIpc) is 3.46. The third kappa shape index (κ3) is 11.0. The van der Waals surface area contributed by atoms with Crippen LogP contribution in [0.5, 0.6) is 5.75 Å². The van der Waals surface area contributed by atoms with Gasteiger partial charge in [-0.25, -0.2) is 0 Å². The SMILES string of the molecule is CC.ClCCCN1CCCC1.O=Nc1cccc(OCCCN2CCCC2)c1. The molecule has 1 aromatic rings. The Balaban J connectivity index is 0.000000301. The van der Waals surface area contributed by atoms with Gasteiger partial charge in [0.2, 0.25) is 0 Å². The van der Waals surface area contributed by atoms with E-state index in [1.54, 1.807) is 18.2 Å². The molecule has 2 aliphatic heterocycles. The number of nitroso groups, excluding NO2 is 1. The lowest BCUT2D eigenvalue weighted by atomic mass is 10.3. The van der Waals surface area contributed by atoms with Crippen LogP contribution in [0.15, 0.2) is 29.4 Å². The van der Waals surface area contributed by atoms with Gasteiger partial charge in [0.25, 0.3) is 0 Å². The molecule has 6 heteroatoms. The monoisotopic (exact) mass is 411 g/mol. The van der Waals surface area contributed by atoms with E-state index in [0.717, 1.165) is 31.0 Å². The summed E-state index contributed by atoms with van der Waals surface area (Å²) >= 11 is 5.55. The van der Waals surface area contributed by atoms with E-state index in [0.29, 0.717) is 12.3 Å². The van der Waals surface area contributed by atoms with E-state index in [9.17, 15) is 4.91 Å². The predicted molar refractivity (Wildman–Crippen MR) is 120 cm³/mol. The molecule has 5 nitrogen and oxygen atoms in total. The lowest BCUT2D eigenvalue weighted by Crippen LogP contribution is -2.21. The molecule has 2 saturated heterocycles. The van der Waals surface area contributed by atoms with Gasteiger partial charge < -0.3 is 14.5 Å². The van der Waals surface area contributed by atoms with Crippen molar-refractivity contribution in [1.82, 2.24) is 9.80 Å². The number of hydrogen-bond acceptors (Lipinski definition) is 5. The summed E-state index contributed by atoms with van der Waals surface area (Å²) in [4.78, 5) is 15.3. The molecule has 0 saturated carbocycles. The molecular weight excluding hydrogens is 374 g/mol. The van der Waals surface area contributed by atoms with Gasteiger partial charge in [0.1, 0.15) is 11.4 Å². The van der Waals surface area contributed by atoms with Crippen LogP contribution in [0.3, 0.4) is 0 Å². The molecule has 0 bridgehead atoms. The minimum absolute atomic E-state index is 0.419. The fourth-order valence-electron chi connectivity index (χ4n) is 3.40. The number of hydrogen-bond donors (Lipinski definition) is 0. The third-order valence-electron chi connectivity index (χ3n) is 4.82. The minimum atomic E-state index is 0.419. The van der Waals surface area contributed by atoms with E-state index in [4.69, 9.17) is 16.3 Å². The number of halogens is 1. The first-order chi connectivity index (χ1) is 13.8. The van der Waals surface area contributed by atoms with E-state index in [-0.39, 0.29) is 0 Å². The van der Waals surface area contributed by atoms with Crippen LogP contribution in [0.2, 0.25) is 0 Å². The molecule has 3 rings (SSSR count). The molecule has 1 aromatic carbocycles. The Morgan fingerprint density at radius 3 is 2.07 bits per heavy atom. The van der Waals surface area contributed by atoms with Crippen molar-refractivity contribution in [2.24, 2.45) is 5.18 Å². The topological polar surface area (TPSA) is 45.1 Å². The molecule has 0 spiro atoms. The van der Waals surface area contributed by atoms with Gasteiger partial charge in [-0.2, -0.15) is 0 Å². The Labute approximate surface area is 176 Å². The molecule has 0 N–H and O–H groups in total. The Morgan fingerprint density at radius 2 is 1.54 bits per heavy atom. The molecule has 2 heterocycles. The summed E-state index contributed by atoms with van der Waals surface area (Å²) in [5, 5.41) is 2.88. The van der Waals surface area contributed by atoms with Crippen molar-refractivity contribution >= 4 is 17.3 Å². The number of rotatable bonds is 9. The molecule has 0 unspecified atom stereocenters. The Morgan fingerprint density at radius 1 is 0.964 bits per heavy atom. The highest BCUT2D eigenvalue weighted by Crippen LogP contribution is 2.19. The van der Waals surface area contributed by atoms with Gasteiger partial charge in [-0.1, -0.05) is 19.9 Å². The first-order valence-electron chi connectivity index (χ1n) is 10.9. The standard InChI is InChI=1S/C13H18N2O2.C7H14ClN.C2H6/c16-14-12-5-3-6-13(11-12)17-10-4-9-15-7-1-2-8-15;8-4-3-7-9-5-1-2-6-9;1-2/h3,5-6,11H,1-2,4,7-10H2;1-7H2;1-2H3. The second-order valence-electron chi connectivity index (χ2n) is 6.93. The molecule has 2 aliphatic rings. The van der Waals surface area contributed by atoms with Crippen molar-refractivity contribution in [2.45, 2.75) is 52.4 Å². The largest absolute Gasteiger partial charge is 0.493 e. The lowest BCUT2D eigenvalue weighted by Gasteiger charge is -2.14. The first kappa shape index (κ1) is 24.9. The number of nitrogens with zero attached hydrogens (tertiary/aromatic N) is 3. The highest BCUT2D eigenvalue weighted by atomic mass is 35.5. The fraction of sp³-hybridized carbons (Fsp3) is 0.727. The number of ether oxygens (including phenoxy) is 1. The molecule has 160 valence electrons. The van der Waals surface area contributed by atoms with Gasteiger partial charge in [0.05, 0.1) is 6.61 Å². The van der Waals surface area contributed by atoms with E-state index in [2.05, 4.69) is 15.0 Å². The van der Waals surface area contributed by atoms with Crippen LogP contribution in [-0.4, -0.2) is 61.6 Å². The maximum Gasteiger partial charge on any atom is 0.121 e. The minimum Gasteiger partial charge on any atom is -0.493 e. The Kier molecular flexibility index (Phi) is 14.9. The second-order valence-corrected chi connectivity index (χ2v) is 7.31. The van der Waals surface area contributed by atoms with Gasteiger partial charge in [-0.05, 0) is 88.6 Å². The van der Waals surface area contributed by atoms with Crippen molar-refractivity contribution < 1.29 is 4.74 Å². The summed E-state index contributed by atoms with van der Waals surface area (Å²) in [6.07, 6.45) is 7.62. The van der Waals surface area contributed by atoms with Gasteiger partial charge in [-0.3, -0.25) is 0 Å².